The third-order valence-electron chi connectivity index (χ3n) is 2.88. The Morgan fingerprint density at radius 3 is 2.53 bits per heavy atom. The van der Waals surface area contributed by atoms with Gasteiger partial charge in [-0.2, -0.15) is 0 Å². The lowest BCUT2D eigenvalue weighted by Crippen LogP contribution is -2.48. The highest BCUT2D eigenvalue weighted by atomic mass is 16.2. The summed E-state index contributed by atoms with van der Waals surface area (Å²) in [5.41, 5.74) is 2.07. The van der Waals surface area contributed by atoms with Gasteiger partial charge < -0.3 is 5.32 Å². The zero-order chi connectivity index (χ0) is 11.5. The molecule has 0 spiro atoms. The van der Waals surface area contributed by atoms with Gasteiger partial charge in [0.25, 0.3) is 0 Å². The molecule has 0 bridgehead atoms. The van der Waals surface area contributed by atoms with Gasteiger partial charge >= 0.3 is 11.8 Å². The molecule has 1 fully saturated rings. The van der Waals surface area contributed by atoms with E-state index < -0.39 is 11.8 Å². The van der Waals surface area contributed by atoms with Crippen molar-refractivity contribution < 1.29 is 9.59 Å². The van der Waals surface area contributed by atoms with Crippen molar-refractivity contribution in [1.82, 2.24) is 10.7 Å². The summed E-state index contributed by atoms with van der Waals surface area (Å²) < 4.78 is 0. The topological polar surface area (TPSA) is 84.2 Å². The molecule has 0 aromatic heterocycles. The highest BCUT2D eigenvalue weighted by Gasteiger charge is 2.29. The van der Waals surface area contributed by atoms with Crippen molar-refractivity contribution in [3.63, 3.8) is 0 Å². The summed E-state index contributed by atoms with van der Waals surface area (Å²) in [4.78, 5) is 22.1. The Morgan fingerprint density at radius 1 is 1.33 bits per heavy atom. The minimum atomic E-state index is -0.779. The Kier molecular flexibility index (Phi) is 3.68. The fourth-order valence-electron chi connectivity index (χ4n) is 2.14. The van der Waals surface area contributed by atoms with Gasteiger partial charge in [0.2, 0.25) is 0 Å². The predicted octanol–water partition coefficient (Wildman–Crippen LogP) is 0.0613. The molecule has 4 N–H and O–H groups in total. The Morgan fingerprint density at radius 2 is 2.00 bits per heavy atom. The summed E-state index contributed by atoms with van der Waals surface area (Å²) in [5.74, 6) is 3.45. The van der Waals surface area contributed by atoms with Gasteiger partial charge in [0.1, 0.15) is 0 Å². The standard InChI is InChI=1S/C10H19N3O2/c1-10(2)5-3-4-7(6-10)12-8(14)9(15)13-11/h7H,3-6,11H2,1-2H3,(H,12,14)(H,13,15). The smallest absolute Gasteiger partial charge is 0.323 e. The molecule has 1 aliphatic carbocycles. The van der Waals surface area contributed by atoms with Crippen molar-refractivity contribution >= 4 is 11.8 Å². The first kappa shape index (κ1) is 12.0. The highest BCUT2D eigenvalue weighted by Crippen LogP contribution is 2.34. The van der Waals surface area contributed by atoms with Crippen molar-refractivity contribution in [3.8, 4) is 0 Å². The van der Waals surface area contributed by atoms with Crippen molar-refractivity contribution in [3.05, 3.63) is 0 Å². The Bertz CT molecular complexity index is 263. The van der Waals surface area contributed by atoms with Crippen molar-refractivity contribution in [1.29, 1.82) is 0 Å². The van der Waals surface area contributed by atoms with Gasteiger partial charge in [-0.05, 0) is 24.7 Å². The molecule has 0 aromatic carbocycles. The zero-order valence-corrected chi connectivity index (χ0v) is 9.30. The first-order chi connectivity index (χ1) is 6.94. The van der Waals surface area contributed by atoms with Crippen molar-refractivity contribution in [2.45, 2.75) is 45.6 Å². The van der Waals surface area contributed by atoms with Crippen LogP contribution >= 0.6 is 0 Å². The predicted molar refractivity (Wildman–Crippen MR) is 56.5 cm³/mol. The number of nitrogens with two attached hydrogens (primary N) is 1. The highest BCUT2D eigenvalue weighted by molar-refractivity contribution is 6.34. The minimum absolute atomic E-state index is 0.0959. The summed E-state index contributed by atoms with van der Waals surface area (Å²) in [7, 11) is 0. The van der Waals surface area contributed by atoms with Crippen LogP contribution in [0.2, 0.25) is 0 Å². The van der Waals surface area contributed by atoms with Crippen molar-refractivity contribution in [2.75, 3.05) is 0 Å². The van der Waals surface area contributed by atoms with Crippen molar-refractivity contribution in [2.24, 2.45) is 11.3 Å². The van der Waals surface area contributed by atoms with Crippen LogP contribution in [-0.2, 0) is 9.59 Å². The van der Waals surface area contributed by atoms with Crippen LogP contribution in [0.1, 0.15) is 39.5 Å². The van der Waals surface area contributed by atoms with Crippen LogP contribution in [0.25, 0.3) is 0 Å². The van der Waals surface area contributed by atoms with Crippen LogP contribution < -0.4 is 16.6 Å². The number of hydrazine groups is 1. The van der Waals surface area contributed by atoms with E-state index in [1.807, 2.05) is 5.43 Å². The van der Waals surface area contributed by atoms with Gasteiger partial charge in [0.15, 0.2) is 0 Å². The van der Waals surface area contributed by atoms with Gasteiger partial charge in [0.05, 0.1) is 0 Å². The van der Waals surface area contributed by atoms with E-state index >= 15 is 0 Å². The number of hydrogen-bond donors (Lipinski definition) is 3. The molecule has 0 saturated heterocycles. The molecular formula is C10H19N3O2. The Balaban J connectivity index is 2.45. The normalized spacial score (nSPS) is 24.3. The van der Waals surface area contributed by atoms with E-state index in [0.717, 1.165) is 19.3 Å². The quantitative estimate of drug-likeness (QED) is 0.249. The summed E-state index contributed by atoms with van der Waals surface area (Å²) in [6.07, 6.45) is 4.11. The number of nitrogens with one attached hydrogen (secondary N) is 2. The Labute approximate surface area is 89.8 Å². The first-order valence-corrected chi connectivity index (χ1v) is 5.26. The monoisotopic (exact) mass is 213 g/mol. The molecule has 2 amide bonds. The SMILES string of the molecule is CC1(C)CCCC(NC(=O)C(=O)NN)C1. The van der Waals surface area contributed by atoms with E-state index in [0.29, 0.717) is 0 Å². The lowest BCUT2D eigenvalue weighted by molar-refractivity contribution is -0.139. The lowest BCUT2D eigenvalue weighted by Gasteiger charge is -2.35. The van der Waals surface area contributed by atoms with E-state index in [9.17, 15) is 9.59 Å². The fraction of sp³-hybridized carbons (Fsp3) is 0.800. The molecule has 1 rings (SSSR count). The van der Waals surface area contributed by atoms with E-state index in [1.54, 1.807) is 0 Å². The average molecular weight is 213 g/mol. The molecule has 5 heteroatoms. The third-order valence-corrected chi connectivity index (χ3v) is 2.88. The summed E-state index contributed by atoms with van der Waals surface area (Å²) >= 11 is 0. The van der Waals surface area contributed by atoms with Crippen LogP contribution in [0, 0.1) is 5.41 Å². The van der Waals surface area contributed by atoms with E-state index in [4.69, 9.17) is 5.84 Å². The number of carbonyl (C=O) groups is 2. The number of carbonyl (C=O) groups excluding carboxylic acids is 2. The number of amides is 2. The van der Waals surface area contributed by atoms with Gasteiger partial charge in [-0.3, -0.25) is 15.0 Å². The molecule has 0 radical (unpaired) electrons. The van der Waals surface area contributed by atoms with Gasteiger partial charge in [-0.25, -0.2) is 5.84 Å². The minimum Gasteiger partial charge on any atom is -0.345 e. The molecule has 86 valence electrons. The molecule has 1 aliphatic rings. The number of hydrogen-bond acceptors (Lipinski definition) is 3. The molecule has 0 aromatic rings. The molecular weight excluding hydrogens is 194 g/mol. The molecule has 15 heavy (non-hydrogen) atoms. The molecule has 0 aliphatic heterocycles. The van der Waals surface area contributed by atoms with E-state index in [1.165, 1.54) is 6.42 Å². The molecule has 1 saturated carbocycles. The van der Waals surface area contributed by atoms with Crippen LogP contribution in [0.4, 0.5) is 0 Å². The van der Waals surface area contributed by atoms with Gasteiger partial charge in [0, 0.05) is 6.04 Å². The van der Waals surface area contributed by atoms with Gasteiger partial charge in [-0.1, -0.05) is 20.3 Å². The molecule has 1 atom stereocenters. The maximum absolute atomic E-state index is 11.3. The van der Waals surface area contributed by atoms with Crippen LogP contribution in [0.3, 0.4) is 0 Å². The summed E-state index contributed by atoms with van der Waals surface area (Å²) in [6, 6.07) is 0.0959. The lowest BCUT2D eigenvalue weighted by atomic mass is 9.75. The second-order valence-electron chi connectivity index (χ2n) is 4.90. The van der Waals surface area contributed by atoms with Crippen LogP contribution in [-0.4, -0.2) is 17.9 Å². The maximum atomic E-state index is 11.3. The van der Waals surface area contributed by atoms with E-state index in [2.05, 4.69) is 19.2 Å². The average Bonchev–Trinajstić information content (AvgIpc) is 2.14. The third kappa shape index (κ3) is 3.51. The Hall–Kier alpha value is -1.10. The molecule has 5 nitrogen and oxygen atoms in total. The molecule has 1 unspecified atom stereocenters. The fourth-order valence-corrected chi connectivity index (χ4v) is 2.14. The van der Waals surface area contributed by atoms with E-state index in [-0.39, 0.29) is 11.5 Å². The maximum Gasteiger partial charge on any atom is 0.323 e. The number of rotatable bonds is 1. The first-order valence-electron chi connectivity index (χ1n) is 5.26. The van der Waals surface area contributed by atoms with Gasteiger partial charge in [-0.15, -0.1) is 0 Å². The summed E-state index contributed by atoms with van der Waals surface area (Å²) in [5, 5.41) is 2.69. The van der Waals surface area contributed by atoms with Crippen LogP contribution in [0.15, 0.2) is 0 Å². The largest absolute Gasteiger partial charge is 0.345 e. The second-order valence-corrected chi connectivity index (χ2v) is 4.90. The zero-order valence-electron chi connectivity index (χ0n) is 9.30. The summed E-state index contributed by atoms with van der Waals surface area (Å²) in [6.45, 7) is 4.35. The van der Waals surface area contributed by atoms with Crippen LogP contribution in [0.5, 0.6) is 0 Å². The second kappa shape index (κ2) is 4.61. The molecule has 0 heterocycles.